The number of amides is 3. The lowest BCUT2D eigenvalue weighted by atomic mass is 10.0. The predicted molar refractivity (Wildman–Crippen MR) is 299 cm³/mol. The van der Waals surface area contributed by atoms with E-state index in [1.54, 1.807) is 21.9 Å². The number of carbonyl (C=O) groups excluding carboxylic acids is 3. The fourth-order valence-electron chi connectivity index (χ4n) is 11.2. The van der Waals surface area contributed by atoms with Gasteiger partial charge in [-0.2, -0.15) is 8.42 Å². The Morgan fingerprint density at radius 3 is 1.10 bits per heavy atom. The highest BCUT2D eigenvalue weighted by molar-refractivity contribution is 8.13. The maximum Gasteiger partial charge on any atom is 0.410 e. The molecule has 3 aliphatic heterocycles. The van der Waals surface area contributed by atoms with Crippen LogP contribution in [0.1, 0.15) is 55.2 Å². The number of carbonyl (C=O) groups is 3. The van der Waals surface area contributed by atoms with Crippen molar-refractivity contribution < 1.29 is 73.3 Å². The number of ether oxygens (including phenoxy) is 4. The lowest BCUT2D eigenvalue weighted by Gasteiger charge is -2.20. The molecule has 3 saturated carbocycles. The maximum absolute atomic E-state index is 13.0. The van der Waals surface area contributed by atoms with Crippen LogP contribution in [0.25, 0.3) is 0 Å². The van der Waals surface area contributed by atoms with E-state index in [1.807, 2.05) is 95.9 Å². The van der Waals surface area contributed by atoms with Crippen LogP contribution in [0.3, 0.4) is 0 Å². The summed E-state index contributed by atoms with van der Waals surface area (Å²) in [6.45, 7) is 5.04. The number of fused-ring (bicyclic) bond motifs is 3. The SMILES string of the molecule is CS(=O)(=O)Cl.CS(=O)(=O)OC1C[C@@H]2CN(C(=O)OCc3ccccc3)C[C@@H]2C1.O=C(OCc1ccccc1)N1C[C@H]2CC(O)C[C@H]2C1.O=C(OCc1ccccc1)N1C[C@H]2CC(Oc3ccc(F)cc3)C[C@H]2C1.Oc1ccc(F)cc1. The third-order valence-electron chi connectivity index (χ3n) is 14.8. The Labute approximate surface area is 477 Å². The third-order valence-corrected chi connectivity index (χ3v) is 15.4. The van der Waals surface area contributed by atoms with Crippen molar-refractivity contribution in [2.75, 3.05) is 51.8 Å². The maximum atomic E-state index is 13.0. The van der Waals surface area contributed by atoms with E-state index in [4.69, 9.17) is 28.2 Å². The number of hydrogen-bond acceptors (Lipinski definition) is 14. The molecule has 0 aromatic heterocycles. The summed E-state index contributed by atoms with van der Waals surface area (Å²) in [4.78, 5) is 41.7. The van der Waals surface area contributed by atoms with Crippen LogP contribution in [-0.2, 0) is 57.4 Å². The molecule has 0 radical (unpaired) electrons. The lowest BCUT2D eigenvalue weighted by molar-refractivity contribution is 0.0970. The fraction of sp³-hybridized carbons (Fsp3) is 0.441. The first-order valence-corrected chi connectivity index (χ1v) is 31.3. The summed E-state index contributed by atoms with van der Waals surface area (Å²) in [6.07, 6.45) is 5.81. The number of aliphatic hydroxyl groups is 1. The van der Waals surface area contributed by atoms with Crippen LogP contribution in [-0.4, -0.2) is 130 Å². The van der Waals surface area contributed by atoms with Gasteiger partial charge in [-0.05, 0) is 139 Å². The van der Waals surface area contributed by atoms with Crippen molar-refractivity contribution in [3.63, 3.8) is 0 Å². The minimum absolute atomic E-state index is 0.0893. The van der Waals surface area contributed by atoms with E-state index in [9.17, 15) is 45.1 Å². The Kier molecular flexibility index (Phi) is 22.6. The minimum Gasteiger partial charge on any atom is -0.508 e. The number of rotatable bonds is 10. The van der Waals surface area contributed by atoms with Crippen LogP contribution in [0, 0.1) is 47.1 Å². The third kappa shape index (κ3) is 21.1. The fourth-order valence-corrected chi connectivity index (χ4v) is 11.9. The van der Waals surface area contributed by atoms with Crippen LogP contribution in [0.15, 0.2) is 140 Å². The van der Waals surface area contributed by atoms with E-state index in [0.29, 0.717) is 80.4 Å². The molecule has 3 saturated heterocycles. The molecule has 22 heteroatoms. The molecule has 6 fully saturated rings. The van der Waals surface area contributed by atoms with Gasteiger partial charge in [0, 0.05) is 50.0 Å². The first kappa shape index (κ1) is 62.1. The number of hydrogen-bond donors (Lipinski definition) is 2. The van der Waals surface area contributed by atoms with Gasteiger partial charge in [-0.3, -0.25) is 4.18 Å². The topological polar surface area (TPSA) is 216 Å². The Hall–Kier alpha value is -6.52. The zero-order chi connectivity index (χ0) is 58.1. The van der Waals surface area contributed by atoms with Gasteiger partial charge < -0.3 is 43.9 Å². The van der Waals surface area contributed by atoms with Crippen molar-refractivity contribution in [2.45, 2.75) is 76.7 Å². The summed E-state index contributed by atoms with van der Waals surface area (Å²) in [7, 11) is -2.10. The predicted octanol–water partition coefficient (Wildman–Crippen LogP) is 10.0. The van der Waals surface area contributed by atoms with Crippen molar-refractivity contribution in [1.82, 2.24) is 14.7 Å². The molecule has 0 bridgehead atoms. The molecule has 5 aromatic rings. The Bertz CT molecular complexity index is 2940. The van der Waals surface area contributed by atoms with Crippen LogP contribution in [0.5, 0.6) is 11.5 Å². The summed E-state index contributed by atoms with van der Waals surface area (Å²) >= 11 is 0. The molecule has 0 spiro atoms. The van der Waals surface area contributed by atoms with Gasteiger partial charge in [0.15, 0.2) is 0 Å². The summed E-state index contributed by atoms with van der Waals surface area (Å²) < 4.78 is 93.3. The van der Waals surface area contributed by atoms with Gasteiger partial charge in [0.2, 0.25) is 9.05 Å². The molecule has 3 heterocycles. The smallest absolute Gasteiger partial charge is 0.410 e. The number of nitrogens with zero attached hydrogens (tertiary/aromatic N) is 3. The van der Waals surface area contributed by atoms with Gasteiger partial charge >= 0.3 is 18.3 Å². The van der Waals surface area contributed by atoms with E-state index in [0.717, 1.165) is 81.1 Å². The van der Waals surface area contributed by atoms with Gasteiger partial charge in [0.05, 0.1) is 30.8 Å². The first-order chi connectivity index (χ1) is 38.6. The van der Waals surface area contributed by atoms with Crippen molar-refractivity contribution in [2.24, 2.45) is 35.5 Å². The van der Waals surface area contributed by atoms with E-state index in [2.05, 4.69) is 10.7 Å². The van der Waals surface area contributed by atoms with Gasteiger partial charge in [-0.1, -0.05) is 91.0 Å². The summed E-state index contributed by atoms with van der Waals surface area (Å²) in [5.41, 5.74) is 2.96. The van der Waals surface area contributed by atoms with Gasteiger partial charge in [-0.15, -0.1) is 0 Å². The molecule has 11 rings (SSSR count). The van der Waals surface area contributed by atoms with Gasteiger partial charge in [0.25, 0.3) is 10.1 Å². The molecule has 438 valence electrons. The number of likely N-dealkylation sites (tertiary alicyclic amines) is 3. The quantitative estimate of drug-likeness (QED) is 0.0756. The van der Waals surface area contributed by atoms with E-state index < -0.39 is 19.2 Å². The molecular formula is C59H70ClF2N3O14S2. The van der Waals surface area contributed by atoms with Crippen molar-refractivity contribution in [3.05, 3.63) is 168 Å². The highest BCUT2D eigenvalue weighted by atomic mass is 35.7. The molecule has 2 N–H and O–H groups in total. The summed E-state index contributed by atoms with van der Waals surface area (Å²) in [5.74, 6) is 2.61. The van der Waals surface area contributed by atoms with Crippen molar-refractivity contribution >= 4 is 48.1 Å². The minimum atomic E-state index is -3.41. The molecule has 17 nitrogen and oxygen atoms in total. The van der Waals surface area contributed by atoms with Crippen molar-refractivity contribution in [3.8, 4) is 11.5 Å². The summed E-state index contributed by atoms with van der Waals surface area (Å²) in [5, 5.41) is 18.2. The van der Waals surface area contributed by atoms with E-state index in [-0.39, 0.29) is 60.6 Å². The van der Waals surface area contributed by atoms with E-state index >= 15 is 0 Å². The number of phenols is 1. The van der Waals surface area contributed by atoms with Crippen LogP contribution in [0.4, 0.5) is 23.2 Å². The molecule has 6 aliphatic rings. The zero-order valence-electron chi connectivity index (χ0n) is 45.2. The molecule has 81 heavy (non-hydrogen) atoms. The first-order valence-electron chi connectivity index (χ1n) is 26.8. The second-order valence-corrected chi connectivity index (χ2v) is 25.9. The largest absolute Gasteiger partial charge is 0.508 e. The summed E-state index contributed by atoms with van der Waals surface area (Å²) in [6, 6.07) is 40.1. The van der Waals surface area contributed by atoms with Crippen molar-refractivity contribution in [1.29, 1.82) is 0 Å². The molecule has 9 atom stereocenters. The van der Waals surface area contributed by atoms with Crippen LogP contribution in [0.2, 0.25) is 0 Å². The van der Waals surface area contributed by atoms with Gasteiger partial charge in [0.1, 0.15) is 43.0 Å². The average molecular weight is 1180 g/mol. The Morgan fingerprint density at radius 2 is 0.790 bits per heavy atom. The lowest BCUT2D eigenvalue weighted by Crippen LogP contribution is -2.31. The highest BCUT2D eigenvalue weighted by Crippen LogP contribution is 2.42. The normalized spacial score (nSPS) is 24.0. The van der Waals surface area contributed by atoms with E-state index in [1.165, 1.54) is 36.4 Å². The second kappa shape index (κ2) is 29.5. The Morgan fingerprint density at radius 1 is 0.494 bits per heavy atom. The number of halogens is 3. The molecular weight excluding hydrogens is 1110 g/mol. The second-order valence-electron chi connectivity index (χ2n) is 21.2. The monoisotopic (exact) mass is 1180 g/mol. The zero-order valence-corrected chi connectivity index (χ0v) is 47.6. The number of aromatic hydroxyl groups is 1. The van der Waals surface area contributed by atoms with Gasteiger partial charge in [-0.25, -0.2) is 31.6 Å². The molecule has 5 aromatic carbocycles. The van der Waals surface area contributed by atoms with Crippen LogP contribution < -0.4 is 4.74 Å². The molecule has 3 amide bonds. The number of aliphatic hydroxyl groups excluding tert-OH is 1. The highest BCUT2D eigenvalue weighted by Gasteiger charge is 2.46. The average Bonchev–Trinajstić information content (AvgIpc) is 4.43. The standard InChI is InChI=1S/C21H22FNO3.C16H21NO5S.C15H19NO3.C6H5FO.CH3ClO2S/c22-18-6-8-19(9-7-18)26-20-10-16-12-23(13-17(16)11-20)21(24)25-14-15-4-2-1-3-5-15;1-23(19,20)22-15-7-13-9-17(10-14(13)8-15)16(18)21-11-12-5-3-2-4-6-12;17-14-6-12-8-16(9-13(12)7-14)15(18)19-10-11-4-2-1-3-5-11;7-5-1-3-6(8)4-2-5;1-5(2,3)4/h1-9,16-17,20H,10-14H2;2-6,13-15H,7-11H2,1H3;1-5,12-14,17H,6-10H2;1-4,8H;1H3/t16-,17+,20?;13-,14+,15?;12-,13+,14?;;. The molecule has 3 aliphatic carbocycles. The number of phenolic OH excluding ortho intramolecular Hbond substituents is 1. The Balaban J connectivity index is 0.000000159. The number of benzene rings is 5. The van der Waals surface area contributed by atoms with Crippen LogP contribution >= 0.6 is 10.7 Å². The molecule has 3 unspecified atom stereocenters.